The van der Waals surface area contributed by atoms with Crippen molar-refractivity contribution in [2.24, 2.45) is 15.9 Å². The zero-order valence-electron chi connectivity index (χ0n) is 24.7. The normalized spacial score (nSPS) is 24.1. The number of fused-ring (bicyclic) bond motifs is 2. The van der Waals surface area contributed by atoms with Crippen LogP contribution in [0.1, 0.15) is 95.2 Å². The summed E-state index contributed by atoms with van der Waals surface area (Å²) in [6, 6.07) is 7.33. The number of benzene rings is 1. The maximum absolute atomic E-state index is 11.6. The molecule has 3 aliphatic rings. The fourth-order valence-corrected chi connectivity index (χ4v) is 6.45. The molecule has 1 unspecified atom stereocenters. The first kappa shape index (κ1) is 29.4. The van der Waals surface area contributed by atoms with E-state index < -0.39 is 0 Å². The first-order valence-electron chi connectivity index (χ1n) is 15.0. The molecule has 210 valence electrons. The molecule has 1 N–H and O–H groups in total. The number of Topliss-reactive ketones (excluding diaryl/α,β-unsaturated/α-hetero) is 1. The summed E-state index contributed by atoms with van der Waals surface area (Å²) in [5.41, 5.74) is 10.0. The SMILES string of the molecule is CCCC(/C1=C/CCC2CC(=NC=N2)/C(CO)=C\1)=C(\c1cc(C2CCN(CC(C)=O)CC2)ccc1C)C(C)C. The maximum Gasteiger partial charge on any atom is 0.143 e. The third kappa shape index (κ3) is 7.32. The molecule has 2 aliphatic heterocycles. The van der Waals surface area contributed by atoms with Crippen LogP contribution < -0.4 is 0 Å². The van der Waals surface area contributed by atoms with Gasteiger partial charge in [-0.15, -0.1) is 0 Å². The van der Waals surface area contributed by atoms with E-state index in [1.165, 1.54) is 33.4 Å². The van der Waals surface area contributed by atoms with Gasteiger partial charge in [0.25, 0.3) is 0 Å². The average molecular weight is 530 g/mol. The lowest BCUT2D eigenvalue weighted by Gasteiger charge is -2.32. The van der Waals surface area contributed by atoms with Crippen molar-refractivity contribution < 1.29 is 9.90 Å². The smallest absolute Gasteiger partial charge is 0.143 e. The molecule has 1 aromatic carbocycles. The van der Waals surface area contributed by atoms with E-state index in [1.807, 2.05) is 0 Å². The Balaban J connectivity index is 1.76. The lowest BCUT2D eigenvalue weighted by molar-refractivity contribution is -0.118. The van der Waals surface area contributed by atoms with Gasteiger partial charge in [0.15, 0.2) is 0 Å². The van der Waals surface area contributed by atoms with Crippen molar-refractivity contribution in [1.29, 1.82) is 0 Å². The van der Waals surface area contributed by atoms with E-state index >= 15 is 0 Å². The van der Waals surface area contributed by atoms with Crippen LogP contribution in [0.2, 0.25) is 0 Å². The molecule has 0 amide bonds. The molecule has 0 aromatic heterocycles. The fraction of sp³-hybridized carbons (Fsp3) is 0.559. The summed E-state index contributed by atoms with van der Waals surface area (Å²) in [6.45, 7) is 13.3. The summed E-state index contributed by atoms with van der Waals surface area (Å²) in [4.78, 5) is 23.0. The fourth-order valence-electron chi connectivity index (χ4n) is 6.45. The van der Waals surface area contributed by atoms with Crippen molar-refractivity contribution in [3.63, 3.8) is 0 Å². The second-order valence-corrected chi connectivity index (χ2v) is 11.9. The number of hydrogen-bond donors (Lipinski definition) is 1. The Morgan fingerprint density at radius 1 is 1.18 bits per heavy atom. The van der Waals surface area contributed by atoms with Crippen molar-refractivity contribution in [3.8, 4) is 0 Å². The number of carbonyl (C=O) groups is 1. The molecule has 0 saturated carbocycles. The van der Waals surface area contributed by atoms with Gasteiger partial charge < -0.3 is 5.11 Å². The van der Waals surface area contributed by atoms with Gasteiger partial charge in [-0.3, -0.25) is 14.7 Å². The van der Waals surface area contributed by atoms with Crippen LogP contribution in [0.5, 0.6) is 0 Å². The number of ketones is 1. The van der Waals surface area contributed by atoms with Crippen molar-refractivity contribution in [2.45, 2.75) is 91.5 Å². The Kier molecular flexibility index (Phi) is 10.3. The molecule has 4 rings (SSSR count). The molecule has 1 aromatic rings. The van der Waals surface area contributed by atoms with Crippen LogP contribution in [-0.2, 0) is 4.79 Å². The predicted octanol–water partition coefficient (Wildman–Crippen LogP) is 6.85. The second kappa shape index (κ2) is 13.6. The summed E-state index contributed by atoms with van der Waals surface area (Å²) in [5, 5.41) is 10.3. The highest BCUT2D eigenvalue weighted by Crippen LogP contribution is 2.39. The summed E-state index contributed by atoms with van der Waals surface area (Å²) in [7, 11) is 0. The van der Waals surface area contributed by atoms with E-state index in [9.17, 15) is 9.90 Å². The Bertz CT molecular complexity index is 1190. The molecule has 1 atom stereocenters. The van der Waals surface area contributed by atoms with E-state index in [0.29, 0.717) is 18.4 Å². The number of piperidine rings is 1. The molecule has 5 nitrogen and oxygen atoms in total. The van der Waals surface area contributed by atoms with Gasteiger partial charge in [-0.1, -0.05) is 51.5 Å². The lowest BCUT2D eigenvalue weighted by atomic mass is 9.80. The zero-order valence-corrected chi connectivity index (χ0v) is 24.7. The van der Waals surface area contributed by atoms with Gasteiger partial charge in [-0.25, -0.2) is 4.99 Å². The summed E-state index contributed by atoms with van der Waals surface area (Å²) >= 11 is 0. The van der Waals surface area contributed by atoms with E-state index in [4.69, 9.17) is 0 Å². The number of allylic oxidation sites excluding steroid dienone is 5. The van der Waals surface area contributed by atoms with Gasteiger partial charge in [0, 0.05) is 12.1 Å². The molecule has 1 saturated heterocycles. The maximum atomic E-state index is 11.6. The van der Waals surface area contributed by atoms with Gasteiger partial charge in [-0.05, 0) is 116 Å². The van der Waals surface area contributed by atoms with Crippen molar-refractivity contribution in [2.75, 3.05) is 26.2 Å². The number of likely N-dealkylation sites (tertiary alicyclic amines) is 1. The van der Waals surface area contributed by atoms with Crippen LogP contribution in [0.25, 0.3) is 5.57 Å². The minimum atomic E-state index is -0.00993. The summed E-state index contributed by atoms with van der Waals surface area (Å²) < 4.78 is 0. The number of carbonyl (C=O) groups excluding carboxylic acids is 1. The van der Waals surface area contributed by atoms with Crippen LogP contribution in [0.4, 0.5) is 0 Å². The van der Waals surface area contributed by atoms with Crippen LogP contribution in [-0.4, -0.2) is 60.1 Å². The van der Waals surface area contributed by atoms with E-state index in [-0.39, 0.29) is 18.4 Å². The van der Waals surface area contributed by atoms with Gasteiger partial charge in [0.2, 0.25) is 0 Å². The van der Waals surface area contributed by atoms with Crippen molar-refractivity contribution in [3.05, 3.63) is 63.8 Å². The number of hydrogen-bond acceptors (Lipinski definition) is 5. The third-order valence-corrected chi connectivity index (χ3v) is 8.46. The minimum Gasteiger partial charge on any atom is -0.392 e. The molecule has 1 aliphatic carbocycles. The highest BCUT2D eigenvalue weighted by atomic mass is 16.3. The molecular formula is C34H47N3O2. The van der Waals surface area contributed by atoms with E-state index in [0.717, 1.165) is 69.3 Å². The minimum absolute atomic E-state index is 0.00993. The molecule has 0 spiro atoms. The van der Waals surface area contributed by atoms with Crippen molar-refractivity contribution >= 4 is 23.4 Å². The largest absolute Gasteiger partial charge is 0.392 e. The molecule has 1 fully saturated rings. The quantitative estimate of drug-likeness (QED) is 0.380. The monoisotopic (exact) mass is 529 g/mol. The van der Waals surface area contributed by atoms with Crippen LogP contribution >= 0.6 is 0 Å². The molecular weight excluding hydrogens is 482 g/mol. The van der Waals surface area contributed by atoms with Crippen molar-refractivity contribution in [1.82, 2.24) is 4.90 Å². The Morgan fingerprint density at radius 3 is 2.62 bits per heavy atom. The summed E-state index contributed by atoms with van der Waals surface area (Å²) in [5.74, 6) is 1.14. The second-order valence-electron chi connectivity index (χ2n) is 11.9. The lowest BCUT2D eigenvalue weighted by Crippen LogP contribution is -2.36. The number of aliphatic imine (C=N–C) groups is 2. The zero-order chi connectivity index (χ0) is 27.9. The molecule has 5 heteroatoms. The topological polar surface area (TPSA) is 65.3 Å². The highest BCUT2D eigenvalue weighted by molar-refractivity contribution is 6.05. The van der Waals surface area contributed by atoms with Gasteiger partial charge in [-0.2, -0.15) is 0 Å². The first-order valence-corrected chi connectivity index (χ1v) is 15.0. The number of aliphatic hydroxyl groups is 1. The predicted molar refractivity (Wildman–Crippen MR) is 164 cm³/mol. The van der Waals surface area contributed by atoms with Crippen LogP contribution in [0.3, 0.4) is 0 Å². The molecule has 2 heterocycles. The van der Waals surface area contributed by atoms with E-state index in [2.05, 4.69) is 72.9 Å². The van der Waals surface area contributed by atoms with Gasteiger partial charge in [0.1, 0.15) is 12.1 Å². The molecule has 39 heavy (non-hydrogen) atoms. The third-order valence-electron chi connectivity index (χ3n) is 8.46. The van der Waals surface area contributed by atoms with Gasteiger partial charge in [0.05, 0.1) is 19.2 Å². The van der Waals surface area contributed by atoms with Gasteiger partial charge >= 0.3 is 0 Å². The average Bonchev–Trinajstić information content (AvgIpc) is 2.97. The molecule has 2 bridgehead atoms. The summed E-state index contributed by atoms with van der Waals surface area (Å²) in [6.07, 6.45) is 13.3. The Hall–Kier alpha value is -2.63. The Labute approximate surface area is 235 Å². The van der Waals surface area contributed by atoms with Crippen LogP contribution in [0, 0.1) is 12.8 Å². The van der Waals surface area contributed by atoms with E-state index in [1.54, 1.807) is 13.3 Å². The molecule has 0 radical (unpaired) electrons. The first-order chi connectivity index (χ1) is 18.8. The number of rotatable bonds is 9. The van der Waals surface area contributed by atoms with Crippen LogP contribution in [0.15, 0.2) is 57.1 Å². The Morgan fingerprint density at radius 2 is 1.95 bits per heavy atom. The standard InChI is InChI=1S/C34H47N3O2/c1-6-8-31(28-9-7-10-30-19-33(36-22-35-30)29(17-28)21-38)34(23(2)3)32-18-27(12-11-24(32)4)26-13-15-37(16-14-26)20-25(5)39/h9,11-12,17-18,22-23,26,30,38H,6-8,10,13-16,19-21H2,1-5H3/b28-9+,29-17-,34-31+. The highest BCUT2D eigenvalue weighted by Gasteiger charge is 2.25. The number of aryl methyl sites for hydroxylation is 1. The number of aliphatic hydroxyl groups excluding tert-OH is 1. The number of nitrogens with zero attached hydrogens (tertiary/aromatic N) is 3.